The van der Waals surface area contributed by atoms with Crippen LogP contribution in [0.15, 0.2) is 45.2 Å². The number of thioether (sulfide) groups is 1. The second-order valence-electron chi connectivity index (χ2n) is 6.51. The summed E-state index contributed by atoms with van der Waals surface area (Å²) < 4.78 is 6.65. The Morgan fingerprint density at radius 1 is 1.43 bits per heavy atom. The van der Waals surface area contributed by atoms with Gasteiger partial charge in [-0.05, 0) is 31.9 Å². The molecule has 0 amide bonds. The number of guanidine groups is 1. The van der Waals surface area contributed by atoms with E-state index >= 15 is 0 Å². The number of benzene rings is 1. The van der Waals surface area contributed by atoms with Crippen molar-refractivity contribution in [2.45, 2.75) is 30.1 Å². The number of anilines is 1. The van der Waals surface area contributed by atoms with Crippen LogP contribution < -0.4 is 20.3 Å². The Morgan fingerprint density at radius 2 is 2.32 bits per heavy atom. The zero-order chi connectivity index (χ0) is 19.6. The number of para-hydroxylation sites is 2. The van der Waals surface area contributed by atoms with Crippen LogP contribution in [0.3, 0.4) is 0 Å². The van der Waals surface area contributed by atoms with Crippen LogP contribution >= 0.6 is 23.1 Å². The Bertz CT molecular complexity index is 738. The number of ether oxygens (including phenoxy) is 1. The van der Waals surface area contributed by atoms with E-state index in [-0.39, 0.29) is 0 Å². The second kappa shape index (κ2) is 11.2. The van der Waals surface area contributed by atoms with Crippen LogP contribution in [-0.4, -0.2) is 56.0 Å². The van der Waals surface area contributed by atoms with Gasteiger partial charge in [0.2, 0.25) is 0 Å². The first-order chi connectivity index (χ1) is 13.8. The van der Waals surface area contributed by atoms with Gasteiger partial charge in [-0.3, -0.25) is 4.99 Å². The Labute approximate surface area is 175 Å². The monoisotopic (exact) mass is 419 g/mol. The minimum absolute atomic E-state index is 0.382. The third kappa shape index (κ3) is 6.04. The average molecular weight is 420 g/mol. The highest BCUT2D eigenvalue weighted by atomic mass is 32.2. The van der Waals surface area contributed by atoms with Gasteiger partial charge < -0.3 is 20.3 Å². The summed E-state index contributed by atoms with van der Waals surface area (Å²) in [4.78, 5) is 11.4. The first kappa shape index (κ1) is 20.8. The summed E-state index contributed by atoms with van der Waals surface area (Å²) in [6.45, 7) is 5.75. The van der Waals surface area contributed by atoms with Crippen LogP contribution in [-0.2, 0) is 0 Å². The van der Waals surface area contributed by atoms with E-state index in [1.54, 1.807) is 30.2 Å². The van der Waals surface area contributed by atoms with Gasteiger partial charge in [-0.15, -0.1) is 11.3 Å². The lowest BCUT2D eigenvalue weighted by Gasteiger charge is -2.22. The molecule has 2 N–H and O–H groups in total. The van der Waals surface area contributed by atoms with E-state index in [4.69, 9.17) is 9.73 Å². The lowest BCUT2D eigenvalue weighted by Crippen LogP contribution is -2.44. The van der Waals surface area contributed by atoms with E-state index in [0.29, 0.717) is 6.04 Å². The van der Waals surface area contributed by atoms with E-state index in [1.165, 1.54) is 0 Å². The average Bonchev–Trinajstić information content (AvgIpc) is 3.40. The first-order valence-electron chi connectivity index (χ1n) is 9.75. The molecule has 28 heavy (non-hydrogen) atoms. The topological polar surface area (TPSA) is 61.8 Å². The van der Waals surface area contributed by atoms with Gasteiger partial charge >= 0.3 is 0 Å². The zero-order valence-electron chi connectivity index (χ0n) is 16.6. The van der Waals surface area contributed by atoms with Crippen LogP contribution in [0.5, 0.6) is 5.75 Å². The van der Waals surface area contributed by atoms with Crippen molar-refractivity contribution in [2.75, 3.05) is 43.9 Å². The van der Waals surface area contributed by atoms with Gasteiger partial charge in [-0.2, -0.15) is 0 Å². The highest BCUT2D eigenvalue weighted by molar-refractivity contribution is 8.00. The normalized spacial score (nSPS) is 17.0. The van der Waals surface area contributed by atoms with Crippen LogP contribution in [0, 0.1) is 0 Å². The predicted octanol–water partition coefficient (Wildman–Crippen LogP) is 3.47. The standard InChI is InChI=1S/C20H29N5OS2/c1-3-21-19(22-10-6-13-27-20-23-11-14-28-20)24-16-9-12-25(15-16)17-7-4-5-8-18(17)26-2/h4-5,7-8,11,14,16H,3,6,9-10,12-13,15H2,1-2H3,(H2,21,22,24). The SMILES string of the molecule is CCNC(=NCCCSc1nccs1)NC1CCN(c2ccccc2OC)C1. The molecule has 0 bridgehead atoms. The quantitative estimate of drug-likeness (QED) is 0.281. The van der Waals surface area contributed by atoms with Crippen LogP contribution in [0.4, 0.5) is 5.69 Å². The van der Waals surface area contributed by atoms with Crippen molar-refractivity contribution < 1.29 is 4.74 Å². The van der Waals surface area contributed by atoms with Crippen LogP contribution in [0.2, 0.25) is 0 Å². The molecule has 1 aliphatic heterocycles. The smallest absolute Gasteiger partial charge is 0.191 e. The van der Waals surface area contributed by atoms with Crippen LogP contribution in [0.25, 0.3) is 0 Å². The predicted molar refractivity (Wildman–Crippen MR) is 120 cm³/mol. The van der Waals surface area contributed by atoms with Crippen molar-refractivity contribution >= 4 is 34.7 Å². The largest absolute Gasteiger partial charge is 0.495 e. The molecule has 1 atom stereocenters. The summed E-state index contributed by atoms with van der Waals surface area (Å²) in [5.74, 6) is 2.89. The molecule has 1 saturated heterocycles. The number of aromatic nitrogens is 1. The van der Waals surface area contributed by atoms with Gasteiger partial charge in [0.1, 0.15) is 10.1 Å². The van der Waals surface area contributed by atoms with Crippen molar-refractivity contribution in [3.63, 3.8) is 0 Å². The maximum Gasteiger partial charge on any atom is 0.191 e. The van der Waals surface area contributed by atoms with Gasteiger partial charge in [0.15, 0.2) is 5.96 Å². The first-order valence-corrected chi connectivity index (χ1v) is 11.6. The van der Waals surface area contributed by atoms with Crippen molar-refractivity contribution in [1.29, 1.82) is 0 Å². The molecule has 1 fully saturated rings. The molecule has 152 valence electrons. The molecule has 0 spiro atoms. The van der Waals surface area contributed by atoms with Crippen molar-refractivity contribution in [1.82, 2.24) is 15.6 Å². The third-order valence-corrected chi connectivity index (χ3v) is 6.56. The molecule has 3 rings (SSSR count). The fraction of sp³-hybridized carbons (Fsp3) is 0.500. The molecule has 1 aliphatic rings. The minimum Gasteiger partial charge on any atom is -0.495 e. The molecule has 8 heteroatoms. The maximum atomic E-state index is 5.51. The molecule has 6 nitrogen and oxygen atoms in total. The summed E-state index contributed by atoms with van der Waals surface area (Å²) in [5.41, 5.74) is 1.16. The number of hydrogen-bond donors (Lipinski definition) is 2. The molecule has 1 unspecified atom stereocenters. The zero-order valence-corrected chi connectivity index (χ0v) is 18.2. The van der Waals surface area contributed by atoms with Crippen molar-refractivity contribution in [3.8, 4) is 5.75 Å². The summed E-state index contributed by atoms with van der Waals surface area (Å²) in [6.07, 6.45) is 3.98. The van der Waals surface area contributed by atoms with E-state index in [9.17, 15) is 0 Å². The summed E-state index contributed by atoms with van der Waals surface area (Å²) in [6, 6.07) is 8.60. The maximum absolute atomic E-state index is 5.51. The molecule has 0 radical (unpaired) electrons. The fourth-order valence-electron chi connectivity index (χ4n) is 3.20. The summed E-state index contributed by atoms with van der Waals surface area (Å²) >= 11 is 3.50. The molecule has 1 aromatic carbocycles. The number of thiazole rings is 1. The highest BCUT2D eigenvalue weighted by Crippen LogP contribution is 2.30. The molecular formula is C20H29N5OS2. The van der Waals surface area contributed by atoms with E-state index < -0.39 is 0 Å². The molecule has 2 aromatic rings. The molecule has 2 heterocycles. The van der Waals surface area contributed by atoms with Gasteiger partial charge in [0.05, 0.1) is 12.8 Å². The number of rotatable bonds is 9. The van der Waals surface area contributed by atoms with Crippen LogP contribution in [0.1, 0.15) is 19.8 Å². The van der Waals surface area contributed by atoms with E-state index in [2.05, 4.69) is 39.6 Å². The van der Waals surface area contributed by atoms with Crippen molar-refractivity contribution in [3.05, 3.63) is 35.8 Å². The van der Waals surface area contributed by atoms with Gasteiger partial charge in [0, 0.05) is 49.6 Å². The molecular weight excluding hydrogens is 390 g/mol. The van der Waals surface area contributed by atoms with Gasteiger partial charge in [-0.1, -0.05) is 23.9 Å². The van der Waals surface area contributed by atoms with Gasteiger partial charge in [0.25, 0.3) is 0 Å². The van der Waals surface area contributed by atoms with Crippen molar-refractivity contribution in [2.24, 2.45) is 4.99 Å². The lowest BCUT2D eigenvalue weighted by atomic mass is 10.2. The number of nitrogens with zero attached hydrogens (tertiary/aromatic N) is 3. The fourth-order valence-corrected chi connectivity index (χ4v) is 4.83. The van der Waals surface area contributed by atoms with E-state index in [0.717, 1.165) is 66.5 Å². The number of aliphatic imine (C=N–C) groups is 1. The second-order valence-corrected chi connectivity index (χ2v) is 8.75. The Hall–Kier alpha value is -1.93. The number of methoxy groups -OCH3 is 1. The van der Waals surface area contributed by atoms with Gasteiger partial charge in [-0.25, -0.2) is 4.98 Å². The Kier molecular flexibility index (Phi) is 8.29. The Morgan fingerprint density at radius 3 is 3.11 bits per heavy atom. The molecule has 0 saturated carbocycles. The summed E-state index contributed by atoms with van der Waals surface area (Å²) in [7, 11) is 1.73. The molecule has 0 aliphatic carbocycles. The molecule has 1 aromatic heterocycles. The third-order valence-electron chi connectivity index (χ3n) is 4.51. The number of hydrogen-bond acceptors (Lipinski definition) is 6. The number of nitrogens with one attached hydrogen (secondary N) is 2. The lowest BCUT2D eigenvalue weighted by molar-refractivity contribution is 0.415. The Balaban J connectivity index is 1.47. The van der Waals surface area contributed by atoms with E-state index in [1.807, 2.05) is 23.7 Å². The summed E-state index contributed by atoms with van der Waals surface area (Å²) in [5, 5.41) is 8.99. The minimum atomic E-state index is 0.382. The highest BCUT2D eigenvalue weighted by Gasteiger charge is 2.25.